The van der Waals surface area contributed by atoms with Gasteiger partial charge < -0.3 is 19.9 Å². The highest BCUT2D eigenvalue weighted by atomic mass is 19.1. The quantitative estimate of drug-likeness (QED) is 0.390. The monoisotopic (exact) mass is 346 g/mol. The Morgan fingerprint density at radius 2 is 1.64 bits per heavy atom. The maximum absolute atomic E-state index is 13.2. The molecule has 0 radical (unpaired) electrons. The van der Waals surface area contributed by atoms with E-state index in [0.717, 1.165) is 25.0 Å². The molecule has 0 saturated heterocycles. The molecule has 25 heavy (non-hydrogen) atoms. The van der Waals surface area contributed by atoms with E-state index in [1.807, 2.05) is 0 Å². The lowest BCUT2D eigenvalue weighted by Crippen LogP contribution is -2.10. The van der Waals surface area contributed by atoms with Gasteiger partial charge in [0.2, 0.25) is 0 Å². The largest absolute Gasteiger partial charge is 0.494 e. The number of ether oxygens (including phenoxy) is 3. The predicted molar refractivity (Wildman–Crippen MR) is 95.3 cm³/mol. The summed E-state index contributed by atoms with van der Waals surface area (Å²) in [4.78, 5) is 0. The van der Waals surface area contributed by atoms with Crippen molar-refractivity contribution in [3.63, 3.8) is 0 Å². The number of methoxy groups -OCH3 is 1. The standard InChI is InChI=1S/C19H23FN2O3/c1-23-17-10-7-15(20)13-18(17)25-12-4-2-3-11-24-16-8-5-14(6-9-16)19(21)22/h5-10,13H,2-4,11-12H2,1H3,(H3,21,22). The van der Waals surface area contributed by atoms with Crippen LogP contribution in [-0.4, -0.2) is 26.2 Å². The van der Waals surface area contributed by atoms with Crippen LogP contribution in [0.5, 0.6) is 17.2 Å². The molecule has 0 fully saturated rings. The third-order valence-corrected chi connectivity index (χ3v) is 3.61. The summed E-state index contributed by atoms with van der Waals surface area (Å²) >= 11 is 0. The Hall–Kier alpha value is -2.76. The van der Waals surface area contributed by atoms with E-state index in [-0.39, 0.29) is 11.7 Å². The summed E-state index contributed by atoms with van der Waals surface area (Å²) in [6.07, 6.45) is 2.66. The molecule has 0 heterocycles. The topological polar surface area (TPSA) is 77.6 Å². The zero-order valence-electron chi connectivity index (χ0n) is 14.3. The smallest absolute Gasteiger partial charge is 0.164 e. The van der Waals surface area contributed by atoms with Gasteiger partial charge in [-0.1, -0.05) is 0 Å². The molecule has 134 valence electrons. The Bertz CT molecular complexity index is 690. The molecule has 0 aliphatic rings. The Morgan fingerprint density at radius 1 is 0.960 bits per heavy atom. The first-order chi connectivity index (χ1) is 12.1. The molecule has 5 nitrogen and oxygen atoms in total. The first-order valence-corrected chi connectivity index (χ1v) is 8.14. The molecule has 0 amide bonds. The van der Waals surface area contributed by atoms with Gasteiger partial charge in [0.15, 0.2) is 11.5 Å². The third kappa shape index (κ3) is 5.99. The van der Waals surface area contributed by atoms with Gasteiger partial charge in [-0.2, -0.15) is 0 Å². The summed E-state index contributed by atoms with van der Waals surface area (Å²) in [7, 11) is 1.53. The van der Waals surface area contributed by atoms with Crippen LogP contribution in [-0.2, 0) is 0 Å². The molecule has 2 rings (SSSR count). The van der Waals surface area contributed by atoms with Gasteiger partial charge in [0, 0.05) is 11.6 Å². The van der Waals surface area contributed by atoms with Crippen molar-refractivity contribution >= 4 is 5.84 Å². The number of amidine groups is 1. The van der Waals surface area contributed by atoms with Crippen LogP contribution in [0, 0.1) is 11.2 Å². The SMILES string of the molecule is COc1ccc(F)cc1OCCCCCOc1ccc(C(=N)N)cc1. The van der Waals surface area contributed by atoms with Gasteiger partial charge in [0.1, 0.15) is 17.4 Å². The minimum absolute atomic E-state index is 0.0430. The minimum atomic E-state index is -0.347. The predicted octanol–water partition coefficient (Wildman–Crippen LogP) is 3.75. The van der Waals surface area contributed by atoms with Gasteiger partial charge in [0.25, 0.3) is 0 Å². The number of unbranched alkanes of at least 4 members (excludes halogenated alkanes) is 2. The molecule has 0 spiro atoms. The molecule has 0 atom stereocenters. The second-order valence-electron chi connectivity index (χ2n) is 5.49. The third-order valence-electron chi connectivity index (χ3n) is 3.61. The summed E-state index contributed by atoms with van der Waals surface area (Å²) < 4.78 is 29.6. The number of nitrogen functional groups attached to an aromatic ring is 1. The number of nitrogens with two attached hydrogens (primary N) is 1. The number of halogens is 1. The Kier molecular flexibility index (Phi) is 7.07. The van der Waals surface area contributed by atoms with Crippen molar-refractivity contribution in [2.45, 2.75) is 19.3 Å². The zero-order valence-corrected chi connectivity index (χ0v) is 14.3. The fourth-order valence-electron chi connectivity index (χ4n) is 2.25. The number of hydrogen-bond donors (Lipinski definition) is 2. The van der Waals surface area contributed by atoms with E-state index >= 15 is 0 Å². The van der Waals surface area contributed by atoms with Gasteiger partial charge in [-0.3, -0.25) is 5.41 Å². The number of rotatable bonds is 10. The summed E-state index contributed by atoms with van der Waals surface area (Å²) in [6, 6.07) is 11.3. The first-order valence-electron chi connectivity index (χ1n) is 8.14. The van der Waals surface area contributed by atoms with Crippen molar-refractivity contribution in [3.05, 3.63) is 53.8 Å². The van der Waals surface area contributed by atoms with Crippen LogP contribution in [0.15, 0.2) is 42.5 Å². The van der Waals surface area contributed by atoms with Crippen molar-refractivity contribution < 1.29 is 18.6 Å². The molecule has 0 bridgehead atoms. The highest BCUT2D eigenvalue weighted by Crippen LogP contribution is 2.27. The lowest BCUT2D eigenvalue weighted by atomic mass is 10.2. The molecule has 0 aliphatic heterocycles. The van der Waals surface area contributed by atoms with Gasteiger partial charge in [-0.05, 0) is 55.7 Å². The number of hydrogen-bond acceptors (Lipinski definition) is 4. The second-order valence-corrected chi connectivity index (χ2v) is 5.49. The maximum atomic E-state index is 13.2. The Labute approximate surface area is 147 Å². The summed E-state index contributed by atoms with van der Waals surface area (Å²) in [5.74, 6) is 1.40. The number of nitrogens with one attached hydrogen (secondary N) is 1. The molecular weight excluding hydrogens is 323 g/mol. The Morgan fingerprint density at radius 3 is 2.28 bits per heavy atom. The highest BCUT2D eigenvalue weighted by molar-refractivity contribution is 5.94. The average molecular weight is 346 g/mol. The molecule has 0 unspecified atom stereocenters. The van der Waals surface area contributed by atoms with Gasteiger partial charge in [0.05, 0.1) is 20.3 Å². The van der Waals surface area contributed by atoms with Crippen molar-refractivity contribution in [2.75, 3.05) is 20.3 Å². The summed E-state index contributed by atoms with van der Waals surface area (Å²) in [5, 5.41) is 7.33. The molecule has 0 aromatic heterocycles. The molecule has 3 N–H and O–H groups in total. The summed E-state index contributed by atoms with van der Waals surface area (Å²) in [6.45, 7) is 1.09. The Balaban J connectivity index is 1.62. The van der Waals surface area contributed by atoms with Crippen LogP contribution in [0.1, 0.15) is 24.8 Å². The normalized spacial score (nSPS) is 10.3. The lowest BCUT2D eigenvalue weighted by molar-refractivity contribution is 0.269. The van der Waals surface area contributed by atoms with E-state index in [9.17, 15) is 4.39 Å². The van der Waals surface area contributed by atoms with Crippen LogP contribution < -0.4 is 19.9 Å². The molecule has 0 saturated carbocycles. The van der Waals surface area contributed by atoms with Crippen molar-refractivity contribution in [3.8, 4) is 17.2 Å². The highest BCUT2D eigenvalue weighted by Gasteiger charge is 2.05. The molecule has 2 aromatic carbocycles. The maximum Gasteiger partial charge on any atom is 0.164 e. The molecule has 6 heteroatoms. The van der Waals surface area contributed by atoms with Crippen molar-refractivity contribution in [2.24, 2.45) is 5.73 Å². The van der Waals surface area contributed by atoms with Gasteiger partial charge in [-0.25, -0.2) is 4.39 Å². The fraction of sp³-hybridized carbons (Fsp3) is 0.316. The van der Waals surface area contributed by atoms with E-state index < -0.39 is 0 Å². The molecular formula is C19H23FN2O3. The zero-order chi connectivity index (χ0) is 18.1. The molecule has 2 aromatic rings. The number of benzene rings is 2. The van der Waals surface area contributed by atoms with Crippen LogP contribution in [0.3, 0.4) is 0 Å². The minimum Gasteiger partial charge on any atom is -0.494 e. The average Bonchev–Trinajstić information content (AvgIpc) is 2.61. The van der Waals surface area contributed by atoms with Gasteiger partial charge in [-0.15, -0.1) is 0 Å². The van der Waals surface area contributed by atoms with E-state index in [0.29, 0.717) is 30.3 Å². The van der Waals surface area contributed by atoms with E-state index in [2.05, 4.69) is 0 Å². The second kappa shape index (κ2) is 9.52. The van der Waals surface area contributed by atoms with E-state index in [4.69, 9.17) is 25.4 Å². The van der Waals surface area contributed by atoms with E-state index in [1.54, 1.807) is 30.3 Å². The van der Waals surface area contributed by atoms with Crippen LogP contribution >= 0.6 is 0 Å². The van der Waals surface area contributed by atoms with Crippen LogP contribution in [0.2, 0.25) is 0 Å². The van der Waals surface area contributed by atoms with Crippen LogP contribution in [0.25, 0.3) is 0 Å². The fourth-order valence-corrected chi connectivity index (χ4v) is 2.25. The van der Waals surface area contributed by atoms with E-state index in [1.165, 1.54) is 19.2 Å². The lowest BCUT2D eigenvalue weighted by Gasteiger charge is -2.11. The van der Waals surface area contributed by atoms with Crippen molar-refractivity contribution in [1.82, 2.24) is 0 Å². The van der Waals surface area contributed by atoms with Gasteiger partial charge >= 0.3 is 0 Å². The van der Waals surface area contributed by atoms with Crippen molar-refractivity contribution in [1.29, 1.82) is 5.41 Å². The van der Waals surface area contributed by atoms with Crippen LogP contribution in [0.4, 0.5) is 4.39 Å². The first kappa shape index (κ1) is 18.6. The summed E-state index contributed by atoms with van der Waals surface area (Å²) in [5.41, 5.74) is 6.08. The molecule has 0 aliphatic carbocycles.